The van der Waals surface area contributed by atoms with Gasteiger partial charge in [-0.3, -0.25) is 0 Å². The third-order valence-corrected chi connectivity index (χ3v) is 1.30. The lowest BCUT2D eigenvalue weighted by Crippen LogP contribution is -1.78. The topological polar surface area (TPSA) is 49.9 Å². The minimum Gasteiger partial charge on any atom is -0.405 e. The van der Waals surface area contributed by atoms with E-state index in [4.69, 9.17) is 11.1 Å². The first-order chi connectivity index (χ1) is 6.66. The molecule has 74 valence electrons. The summed E-state index contributed by atoms with van der Waals surface area (Å²) in [6.07, 6.45) is 14.1. The molecule has 0 fully saturated rings. The Balaban J connectivity index is 4.00. The second kappa shape index (κ2) is 7.80. The molecule has 0 saturated heterocycles. The third kappa shape index (κ3) is 8.27. The molecule has 0 rings (SSSR count). The second-order valence-corrected chi connectivity index (χ2v) is 2.72. The molecule has 0 aliphatic heterocycles. The van der Waals surface area contributed by atoms with Crippen LogP contribution in [0, 0.1) is 5.41 Å². The highest BCUT2D eigenvalue weighted by molar-refractivity contribution is 5.90. The van der Waals surface area contributed by atoms with Crippen LogP contribution in [0.1, 0.15) is 6.92 Å². The first-order valence-corrected chi connectivity index (χ1v) is 4.30. The van der Waals surface area contributed by atoms with Gasteiger partial charge in [-0.05, 0) is 30.8 Å². The van der Waals surface area contributed by atoms with Crippen LogP contribution < -0.4 is 5.73 Å². The van der Waals surface area contributed by atoms with E-state index in [1.807, 2.05) is 24.3 Å². The van der Waals surface area contributed by atoms with E-state index < -0.39 is 0 Å². The van der Waals surface area contributed by atoms with Crippen molar-refractivity contribution in [2.24, 2.45) is 5.73 Å². The van der Waals surface area contributed by atoms with Crippen LogP contribution in [0.2, 0.25) is 0 Å². The number of rotatable bonds is 5. The molecular weight excluding hydrogens is 172 g/mol. The summed E-state index contributed by atoms with van der Waals surface area (Å²) in [4.78, 5) is 0. The maximum absolute atomic E-state index is 7.17. The lowest BCUT2D eigenvalue weighted by molar-refractivity contribution is 1.49. The molecule has 14 heavy (non-hydrogen) atoms. The predicted octanol–water partition coefficient (Wildman–Crippen LogP) is 2.72. The molecule has 0 aliphatic rings. The zero-order valence-corrected chi connectivity index (χ0v) is 8.40. The summed E-state index contributed by atoms with van der Waals surface area (Å²) in [6.45, 7) is 5.52. The van der Waals surface area contributed by atoms with Crippen LogP contribution in [0.3, 0.4) is 0 Å². The highest BCUT2D eigenvalue weighted by Crippen LogP contribution is 1.95. The van der Waals surface area contributed by atoms with Gasteiger partial charge in [0.05, 0.1) is 0 Å². The molecule has 0 aromatic rings. The minimum absolute atomic E-state index is 0.515. The van der Waals surface area contributed by atoms with Crippen molar-refractivity contribution in [2.75, 3.05) is 0 Å². The van der Waals surface area contributed by atoms with Gasteiger partial charge in [0.25, 0.3) is 0 Å². The highest BCUT2D eigenvalue weighted by Gasteiger charge is 1.79. The summed E-state index contributed by atoms with van der Waals surface area (Å²) in [7, 11) is 0. The molecule has 0 unspecified atom stereocenters. The standard InChI is InChI=1S/C12H16N2/c1-11(8-9-12(2)14)7-5-3-4-6-10-13/h3-10,14H,1,13H2,2H3/b4-3-,7-5-,9-8-,10-6+,14-12?. The maximum Gasteiger partial charge on any atom is 0.0283 e. The molecule has 0 heterocycles. The van der Waals surface area contributed by atoms with Crippen LogP contribution in [0.15, 0.2) is 60.9 Å². The van der Waals surface area contributed by atoms with Crippen LogP contribution in [0.5, 0.6) is 0 Å². The van der Waals surface area contributed by atoms with E-state index in [9.17, 15) is 0 Å². The van der Waals surface area contributed by atoms with Crippen LogP contribution in [-0.4, -0.2) is 5.71 Å². The van der Waals surface area contributed by atoms with E-state index in [2.05, 4.69) is 6.58 Å². The number of hydrogen-bond acceptors (Lipinski definition) is 2. The zero-order chi connectivity index (χ0) is 10.8. The van der Waals surface area contributed by atoms with Crippen molar-refractivity contribution in [1.29, 1.82) is 5.41 Å². The Bertz CT molecular complexity index is 304. The molecule has 0 radical (unpaired) electrons. The molecule has 2 nitrogen and oxygen atoms in total. The van der Waals surface area contributed by atoms with E-state index in [0.717, 1.165) is 5.57 Å². The Morgan fingerprint density at radius 1 is 1.07 bits per heavy atom. The summed E-state index contributed by atoms with van der Waals surface area (Å²) >= 11 is 0. The Morgan fingerprint density at radius 2 is 1.71 bits per heavy atom. The highest BCUT2D eigenvalue weighted by atomic mass is 14.5. The Labute approximate surface area is 85.3 Å². The van der Waals surface area contributed by atoms with Gasteiger partial charge in [-0.2, -0.15) is 0 Å². The summed E-state index contributed by atoms with van der Waals surface area (Å²) in [5, 5.41) is 7.17. The summed E-state index contributed by atoms with van der Waals surface area (Å²) in [5.41, 5.74) is 6.52. The molecule has 0 aromatic carbocycles. The molecule has 0 atom stereocenters. The van der Waals surface area contributed by atoms with Crippen molar-refractivity contribution in [1.82, 2.24) is 0 Å². The van der Waals surface area contributed by atoms with Crippen molar-refractivity contribution >= 4 is 5.71 Å². The molecular formula is C12H16N2. The van der Waals surface area contributed by atoms with Crippen LogP contribution in [-0.2, 0) is 0 Å². The van der Waals surface area contributed by atoms with E-state index in [0.29, 0.717) is 5.71 Å². The van der Waals surface area contributed by atoms with Gasteiger partial charge < -0.3 is 11.1 Å². The Kier molecular flexibility index (Phi) is 6.78. The van der Waals surface area contributed by atoms with Gasteiger partial charge in [0, 0.05) is 5.71 Å². The summed E-state index contributed by atoms with van der Waals surface area (Å²) in [6, 6.07) is 0. The molecule has 0 bridgehead atoms. The van der Waals surface area contributed by atoms with Crippen LogP contribution >= 0.6 is 0 Å². The quantitative estimate of drug-likeness (QED) is 0.506. The molecule has 0 aromatic heterocycles. The van der Waals surface area contributed by atoms with Crippen molar-refractivity contribution in [3.63, 3.8) is 0 Å². The van der Waals surface area contributed by atoms with Gasteiger partial charge in [-0.15, -0.1) is 0 Å². The van der Waals surface area contributed by atoms with Crippen molar-refractivity contribution < 1.29 is 0 Å². The van der Waals surface area contributed by atoms with Gasteiger partial charge in [-0.25, -0.2) is 0 Å². The van der Waals surface area contributed by atoms with Gasteiger partial charge in [0.1, 0.15) is 0 Å². The number of nitrogens with two attached hydrogens (primary N) is 1. The third-order valence-electron chi connectivity index (χ3n) is 1.30. The smallest absolute Gasteiger partial charge is 0.0283 e. The first-order valence-electron chi connectivity index (χ1n) is 4.30. The van der Waals surface area contributed by atoms with Gasteiger partial charge in [-0.1, -0.05) is 37.0 Å². The lowest BCUT2D eigenvalue weighted by atomic mass is 10.2. The van der Waals surface area contributed by atoms with Crippen LogP contribution in [0.4, 0.5) is 0 Å². The van der Waals surface area contributed by atoms with Gasteiger partial charge in [0.15, 0.2) is 0 Å². The zero-order valence-electron chi connectivity index (χ0n) is 8.40. The summed E-state index contributed by atoms with van der Waals surface area (Å²) in [5.74, 6) is 0. The van der Waals surface area contributed by atoms with E-state index in [1.165, 1.54) is 6.20 Å². The van der Waals surface area contributed by atoms with E-state index in [-0.39, 0.29) is 0 Å². The lowest BCUT2D eigenvalue weighted by Gasteiger charge is -1.87. The predicted molar refractivity (Wildman–Crippen MR) is 63.3 cm³/mol. The fourth-order valence-electron chi connectivity index (χ4n) is 0.659. The van der Waals surface area contributed by atoms with Crippen molar-refractivity contribution in [3.05, 3.63) is 60.9 Å². The maximum atomic E-state index is 7.17. The molecule has 0 spiro atoms. The summed E-state index contributed by atoms with van der Waals surface area (Å²) < 4.78 is 0. The number of nitrogens with one attached hydrogen (secondary N) is 1. The van der Waals surface area contributed by atoms with Crippen molar-refractivity contribution in [3.8, 4) is 0 Å². The molecule has 0 saturated carbocycles. The van der Waals surface area contributed by atoms with Crippen LogP contribution in [0.25, 0.3) is 0 Å². The fourth-order valence-corrected chi connectivity index (χ4v) is 0.659. The average Bonchev–Trinajstić information content (AvgIpc) is 2.14. The second-order valence-electron chi connectivity index (χ2n) is 2.72. The normalized spacial score (nSPS) is 12.4. The Hall–Kier alpha value is -1.83. The van der Waals surface area contributed by atoms with Gasteiger partial charge in [0.2, 0.25) is 0 Å². The van der Waals surface area contributed by atoms with E-state index in [1.54, 1.807) is 25.2 Å². The SMILES string of the molecule is C=C(\C=C/C=C\C=C\N)/C=C\C(C)=N. The monoisotopic (exact) mass is 188 g/mol. The fraction of sp³-hybridized carbons (Fsp3) is 0.0833. The number of hydrogen-bond donors (Lipinski definition) is 2. The Morgan fingerprint density at radius 3 is 2.29 bits per heavy atom. The largest absolute Gasteiger partial charge is 0.405 e. The van der Waals surface area contributed by atoms with Crippen molar-refractivity contribution in [2.45, 2.75) is 6.92 Å². The van der Waals surface area contributed by atoms with E-state index >= 15 is 0 Å². The molecule has 0 amide bonds. The minimum atomic E-state index is 0.515. The first kappa shape index (κ1) is 12.2. The average molecular weight is 188 g/mol. The molecule has 3 N–H and O–H groups in total. The molecule has 0 aliphatic carbocycles. The molecule has 2 heteroatoms. The van der Waals surface area contributed by atoms with Gasteiger partial charge >= 0.3 is 0 Å². The number of allylic oxidation sites excluding steroid dienone is 8.